The zero-order valence-electron chi connectivity index (χ0n) is 19.7. The molecule has 0 unspecified atom stereocenters. The van der Waals surface area contributed by atoms with Crippen LogP contribution in [0.25, 0.3) is 42.1 Å². The number of carboxylic acids is 1. The van der Waals surface area contributed by atoms with Gasteiger partial charge in [-0.2, -0.15) is 5.26 Å². The fourth-order valence-electron chi connectivity index (χ4n) is 4.93. The van der Waals surface area contributed by atoms with Gasteiger partial charge in [-0.15, -0.1) is 11.3 Å². The van der Waals surface area contributed by atoms with Crippen LogP contribution >= 0.6 is 11.3 Å². The summed E-state index contributed by atoms with van der Waals surface area (Å²) in [5.41, 5.74) is 3.65. The third-order valence-corrected chi connectivity index (χ3v) is 7.80. The first-order valence-electron chi connectivity index (χ1n) is 11.9. The van der Waals surface area contributed by atoms with E-state index in [1.54, 1.807) is 11.3 Å². The Morgan fingerprint density at radius 3 is 2.19 bits per heavy atom. The number of rotatable bonds is 6. The molecule has 0 saturated carbocycles. The van der Waals surface area contributed by atoms with Crippen molar-refractivity contribution in [2.45, 2.75) is 12.5 Å². The second kappa shape index (κ2) is 9.42. The van der Waals surface area contributed by atoms with Crippen LogP contribution in [0.15, 0.2) is 103 Å². The smallest absolute Gasteiger partial charge is 0.345 e. The van der Waals surface area contributed by atoms with E-state index in [9.17, 15) is 15.2 Å². The SMILES string of the molecule is N#Cc1c2ccccc2c(-c2ccc(O[C@H](Cc3ccccc3)C(=O)O)cc2)c2c1sc1ccccc12. The molecule has 1 atom stereocenters. The second-order valence-electron chi connectivity index (χ2n) is 8.87. The van der Waals surface area contributed by atoms with Crippen molar-refractivity contribution >= 4 is 48.3 Å². The minimum absolute atomic E-state index is 0.277. The summed E-state index contributed by atoms with van der Waals surface area (Å²) in [6, 6.07) is 35.7. The molecule has 1 aromatic heterocycles. The van der Waals surface area contributed by atoms with Gasteiger partial charge in [-0.25, -0.2) is 4.79 Å². The molecule has 0 aliphatic heterocycles. The third kappa shape index (κ3) is 4.08. The summed E-state index contributed by atoms with van der Waals surface area (Å²) in [6.07, 6.45) is -0.712. The summed E-state index contributed by atoms with van der Waals surface area (Å²) in [6.45, 7) is 0. The third-order valence-electron chi connectivity index (χ3n) is 6.61. The molecule has 0 radical (unpaired) electrons. The minimum atomic E-state index is -1.00. The monoisotopic (exact) mass is 499 g/mol. The Bertz CT molecular complexity index is 1820. The van der Waals surface area contributed by atoms with Crippen molar-refractivity contribution in [1.82, 2.24) is 0 Å². The predicted octanol–water partition coefficient (Wildman–Crippen LogP) is 7.82. The summed E-state index contributed by atoms with van der Waals surface area (Å²) in [5.74, 6) is -0.506. The van der Waals surface area contributed by atoms with E-state index < -0.39 is 12.1 Å². The summed E-state index contributed by atoms with van der Waals surface area (Å²) in [5, 5.41) is 23.9. The number of hydrogen-bond donors (Lipinski definition) is 1. The second-order valence-corrected chi connectivity index (χ2v) is 9.92. The zero-order valence-corrected chi connectivity index (χ0v) is 20.5. The van der Waals surface area contributed by atoms with Gasteiger partial charge in [-0.3, -0.25) is 0 Å². The lowest BCUT2D eigenvalue weighted by Gasteiger charge is -2.16. The average molecular weight is 500 g/mol. The van der Waals surface area contributed by atoms with Crippen LogP contribution in [0.4, 0.5) is 0 Å². The van der Waals surface area contributed by atoms with Gasteiger partial charge in [0.25, 0.3) is 0 Å². The number of ether oxygens (including phenoxy) is 1. The van der Waals surface area contributed by atoms with Gasteiger partial charge < -0.3 is 9.84 Å². The Hall–Kier alpha value is -4.66. The highest BCUT2D eigenvalue weighted by Crippen LogP contribution is 2.46. The van der Waals surface area contributed by atoms with Gasteiger partial charge in [-0.05, 0) is 40.3 Å². The normalized spacial score (nSPS) is 12.0. The molecule has 37 heavy (non-hydrogen) atoms. The van der Waals surface area contributed by atoms with E-state index in [1.807, 2.05) is 84.9 Å². The molecule has 0 fully saturated rings. The quantitative estimate of drug-likeness (QED) is 0.254. The van der Waals surface area contributed by atoms with Crippen LogP contribution in [0.2, 0.25) is 0 Å². The zero-order chi connectivity index (χ0) is 25.4. The number of hydrogen-bond acceptors (Lipinski definition) is 4. The molecule has 6 rings (SSSR count). The number of nitriles is 1. The van der Waals surface area contributed by atoms with Crippen LogP contribution in [-0.2, 0) is 11.2 Å². The molecule has 5 aromatic carbocycles. The lowest BCUT2D eigenvalue weighted by Crippen LogP contribution is -2.29. The van der Waals surface area contributed by atoms with Gasteiger partial charge in [0.15, 0.2) is 6.10 Å². The highest BCUT2D eigenvalue weighted by Gasteiger charge is 2.22. The Labute approximate surface area is 217 Å². The number of carboxylic acid groups (broad SMARTS) is 1. The first-order chi connectivity index (χ1) is 18.1. The van der Waals surface area contributed by atoms with Crippen LogP contribution in [0, 0.1) is 11.3 Å². The molecule has 0 aliphatic carbocycles. The molecule has 5 heteroatoms. The van der Waals surface area contributed by atoms with E-state index in [4.69, 9.17) is 4.74 Å². The molecule has 178 valence electrons. The number of nitrogens with zero attached hydrogens (tertiary/aromatic N) is 1. The Balaban J connectivity index is 1.47. The molecule has 0 spiro atoms. The Morgan fingerprint density at radius 2 is 1.49 bits per heavy atom. The van der Waals surface area contributed by atoms with Gasteiger partial charge in [0, 0.05) is 27.3 Å². The van der Waals surface area contributed by atoms with Crippen molar-refractivity contribution in [2.75, 3.05) is 0 Å². The van der Waals surface area contributed by atoms with Gasteiger partial charge in [0.2, 0.25) is 0 Å². The van der Waals surface area contributed by atoms with E-state index in [0.717, 1.165) is 47.6 Å². The number of benzene rings is 5. The Kier molecular flexibility index (Phi) is 5.80. The molecule has 0 bridgehead atoms. The minimum Gasteiger partial charge on any atom is -0.478 e. The maximum atomic E-state index is 11.9. The lowest BCUT2D eigenvalue weighted by atomic mass is 9.91. The highest BCUT2D eigenvalue weighted by molar-refractivity contribution is 7.26. The van der Waals surface area contributed by atoms with E-state index in [1.165, 1.54) is 0 Å². The van der Waals surface area contributed by atoms with Crippen LogP contribution in [0.3, 0.4) is 0 Å². The van der Waals surface area contributed by atoms with E-state index in [2.05, 4.69) is 24.3 Å². The van der Waals surface area contributed by atoms with Gasteiger partial charge in [-0.1, -0.05) is 84.9 Å². The molecule has 1 heterocycles. The van der Waals surface area contributed by atoms with Crippen molar-refractivity contribution < 1.29 is 14.6 Å². The van der Waals surface area contributed by atoms with Crippen LogP contribution in [0.5, 0.6) is 5.75 Å². The van der Waals surface area contributed by atoms with Crippen molar-refractivity contribution in [3.63, 3.8) is 0 Å². The van der Waals surface area contributed by atoms with Crippen LogP contribution in [0.1, 0.15) is 11.1 Å². The molecular formula is C32H21NO3S. The predicted molar refractivity (Wildman–Crippen MR) is 149 cm³/mol. The van der Waals surface area contributed by atoms with Gasteiger partial charge >= 0.3 is 5.97 Å². The summed E-state index contributed by atoms with van der Waals surface area (Å²) < 4.78 is 8.01. The molecule has 1 N–H and O–H groups in total. The van der Waals surface area contributed by atoms with E-state index in [0.29, 0.717) is 11.3 Å². The number of aliphatic carboxylic acids is 1. The maximum Gasteiger partial charge on any atom is 0.345 e. The summed E-state index contributed by atoms with van der Waals surface area (Å²) >= 11 is 1.64. The first kappa shape index (κ1) is 22.8. The fourth-order valence-corrected chi connectivity index (χ4v) is 6.15. The highest BCUT2D eigenvalue weighted by atomic mass is 32.1. The first-order valence-corrected chi connectivity index (χ1v) is 12.8. The van der Waals surface area contributed by atoms with E-state index in [-0.39, 0.29) is 6.42 Å². The lowest BCUT2D eigenvalue weighted by molar-refractivity contribution is -0.145. The van der Waals surface area contributed by atoms with Crippen molar-refractivity contribution in [3.8, 4) is 22.9 Å². The molecule has 6 aromatic rings. The Morgan fingerprint density at radius 1 is 0.838 bits per heavy atom. The number of carbonyl (C=O) groups is 1. The molecule has 0 aliphatic rings. The average Bonchev–Trinajstić information content (AvgIpc) is 3.31. The van der Waals surface area contributed by atoms with E-state index >= 15 is 0 Å². The van der Waals surface area contributed by atoms with Crippen molar-refractivity contribution in [2.24, 2.45) is 0 Å². The largest absolute Gasteiger partial charge is 0.478 e. The standard InChI is InChI=1S/C32H21NO3S/c33-19-26-23-10-4-5-11-24(23)29(30-25-12-6-7-13-28(25)37-31(26)30)21-14-16-22(17-15-21)36-27(32(34)35)18-20-8-2-1-3-9-20/h1-17,27H,18H2,(H,34,35)/t27-/m1/s1. The number of thiophene rings is 1. The molecule has 0 amide bonds. The summed E-state index contributed by atoms with van der Waals surface area (Å²) in [7, 11) is 0. The maximum absolute atomic E-state index is 11.9. The van der Waals surface area contributed by atoms with Gasteiger partial charge in [0.05, 0.1) is 10.3 Å². The number of fused-ring (bicyclic) bond motifs is 4. The van der Waals surface area contributed by atoms with Crippen LogP contribution in [-0.4, -0.2) is 17.2 Å². The van der Waals surface area contributed by atoms with Gasteiger partial charge in [0.1, 0.15) is 11.8 Å². The van der Waals surface area contributed by atoms with Crippen LogP contribution < -0.4 is 4.74 Å². The summed E-state index contributed by atoms with van der Waals surface area (Å²) in [4.78, 5) is 11.9. The topological polar surface area (TPSA) is 70.3 Å². The molecular weight excluding hydrogens is 478 g/mol. The fraction of sp³-hybridized carbons (Fsp3) is 0.0625. The molecule has 0 saturated heterocycles. The van der Waals surface area contributed by atoms with Crippen molar-refractivity contribution in [1.29, 1.82) is 5.26 Å². The van der Waals surface area contributed by atoms with Crippen molar-refractivity contribution in [3.05, 3.63) is 114 Å². The molecule has 4 nitrogen and oxygen atoms in total.